The predicted octanol–water partition coefficient (Wildman–Crippen LogP) is 0.922. The molecule has 2 unspecified atom stereocenters. The maximum absolute atomic E-state index is 12.1. The maximum Gasteiger partial charge on any atom is 0.213 e. The lowest BCUT2D eigenvalue weighted by Crippen LogP contribution is -2.47. The van der Waals surface area contributed by atoms with Gasteiger partial charge >= 0.3 is 0 Å². The normalized spacial score (nSPS) is 27.4. The molecule has 2 N–H and O–H groups in total. The van der Waals surface area contributed by atoms with E-state index in [1.54, 1.807) is 0 Å². The van der Waals surface area contributed by atoms with Crippen molar-refractivity contribution in [2.75, 3.05) is 31.9 Å². The van der Waals surface area contributed by atoms with E-state index in [2.05, 4.69) is 21.9 Å². The Morgan fingerprint density at radius 1 is 1.20 bits per heavy atom. The van der Waals surface area contributed by atoms with Crippen LogP contribution in [0.5, 0.6) is 0 Å². The molecule has 0 saturated carbocycles. The SMILES string of the molecule is CC(CNS(=O)(=O)CC1CCCCN1)N1CCCCC1. The van der Waals surface area contributed by atoms with Gasteiger partial charge in [0.2, 0.25) is 10.0 Å². The Kier molecular flexibility index (Phi) is 6.26. The van der Waals surface area contributed by atoms with Gasteiger partial charge in [0.25, 0.3) is 0 Å². The number of nitrogens with one attached hydrogen (secondary N) is 2. The third-order valence-electron chi connectivity index (χ3n) is 4.45. The zero-order valence-electron chi connectivity index (χ0n) is 12.6. The molecule has 0 spiro atoms. The van der Waals surface area contributed by atoms with E-state index >= 15 is 0 Å². The number of likely N-dealkylation sites (tertiary alicyclic amines) is 1. The highest BCUT2D eigenvalue weighted by molar-refractivity contribution is 7.89. The molecule has 2 aliphatic rings. The summed E-state index contributed by atoms with van der Waals surface area (Å²) in [4.78, 5) is 2.39. The van der Waals surface area contributed by atoms with Crippen LogP contribution in [0.1, 0.15) is 45.4 Å². The predicted molar refractivity (Wildman–Crippen MR) is 82.3 cm³/mol. The molecule has 2 aliphatic heterocycles. The largest absolute Gasteiger partial charge is 0.313 e. The van der Waals surface area contributed by atoms with Crippen molar-refractivity contribution in [3.8, 4) is 0 Å². The molecule has 2 rings (SSSR count). The summed E-state index contributed by atoms with van der Waals surface area (Å²) in [5, 5.41) is 3.30. The van der Waals surface area contributed by atoms with Gasteiger partial charge in [-0.1, -0.05) is 12.8 Å². The van der Waals surface area contributed by atoms with E-state index in [0.29, 0.717) is 12.6 Å². The van der Waals surface area contributed by atoms with E-state index in [1.807, 2.05) is 0 Å². The molecule has 6 heteroatoms. The van der Waals surface area contributed by atoms with Crippen molar-refractivity contribution in [3.63, 3.8) is 0 Å². The van der Waals surface area contributed by atoms with Crippen LogP contribution in [0.25, 0.3) is 0 Å². The maximum atomic E-state index is 12.1. The first-order chi connectivity index (χ1) is 9.57. The molecular formula is C14H29N3O2S. The molecule has 20 heavy (non-hydrogen) atoms. The highest BCUT2D eigenvalue weighted by atomic mass is 32.2. The first-order valence-electron chi connectivity index (χ1n) is 8.01. The number of sulfonamides is 1. The fraction of sp³-hybridized carbons (Fsp3) is 1.00. The highest BCUT2D eigenvalue weighted by Crippen LogP contribution is 2.12. The molecule has 118 valence electrons. The van der Waals surface area contributed by atoms with Crippen LogP contribution in [-0.2, 0) is 10.0 Å². The van der Waals surface area contributed by atoms with E-state index in [4.69, 9.17) is 0 Å². The average molecular weight is 303 g/mol. The average Bonchev–Trinajstić information content (AvgIpc) is 2.46. The third-order valence-corrected chi connectivity index (χ3v) is 5.89. The van der Waals surface area contributed by atoms with Gasteiger partial charge in [-0.15, -0.1) is 0 Å². The van der Waals surface area contributed by atoms with Crippen molar-refractivity contribution in [1.29, 1.82) is 0 Å². The number of rotatable bonds is 6. The molecule has 5 nitrogen and oxygen atoms in total. The standard InChI is InChI=1S/C14H29N3O2S/c1-13(17-9-5-2-6-10-17)11-16-20(18,19)12-14-7-3-4-8-15-14/h13-16H,2-12H2,1H3. The summed E-state index contributed by atoms with van der Waals surface area (Å²) in [5.74, 6) is 0.222. The smallest absolute Gasteiger partial charge is 0.213 e. The summed E-state index contributed by atoms with van der Waals surface area (Å²) >= 11 is 0. The van der Waals surface area contributed by atoms with Gasteiger partial charge in [-0.2, -0.15) is 0 Å². The number of hydrogen-bond donors (Lipinski definition) is 2. The van der Waals surface area contributed by atoms with E-state index in [1.165, 1.54) is 19.3 Å². The van der Waals surface area contributed by atoms with Crippen molar-refractivity contribution in [2.24, 2.45) is 0 Å². The second-order valence-corrected chi connectivity index (χ2v) is 8.07. The number of nitrogens with zero attached hydrogens (tertiary/aromatic N) is 1. The van der Waals surface area contributed by atoms with Crippen molar-refractivity contribution in [1.82, 2.24) is 14.9 Å². The van der Waals surface area contributed by atoms with Crippen molar-refractivity contribution >= 4 is 10.0 Å². The molecular weight excluding hydrogens is 274 g/mol. The Hall–Kier alpha value is -0.170. The van der Waals surface area contributed by atoms with E-state index in [0.717, 1.165) is 38.9 Å². The van der Waals surface area contributed by atoms with Crippen LogP contribution in [0.4, 0.5) is 0 Å². The van der Waals surface area contributed by atoms with Crippen LogP contribution >= 0.6 is 0 Å². The highest BCUT2D eigenvalue weighted by Gasteiger charge is 2.23. The van der Waals surface area contributed by atoms with Gasteiger partial charge in [0.15, 0.2) is 0 Å². The van der Waals surface area contributed by atoms with Gasteiger partial charge in [0.1, 0.15) is 0 Å². The van der Waals surface area contributed by atoms with Gasteiger partial charge < -0.3 is 5.32 Å². The van der Waals surface area contributed by atoms with Crippen molar-refractivity contribution < 1.29 is 8.42 Å². The Bertz CT molecular complexity index is 374. The van der Waals surface area contributed by atoms with Crippen LogP contribution in [-0.4, -0.2) is 57.3 Å². The van der Waals surface area contributed by atoms with E-state index in [-0.39, 0.29) is 11.8 Å². The minimum absolute atomic E-state index is 0.131. The van der Waals surface area contributed by atoms with Crippen LogP contribution < -0.4 is 10.0 Å². The Morgan fingerprint density at radius 3 is 2.60 bits per heavy atom. The zero-order valence-corrected chi connectivity index (χ0v) is 13.4. The molecule has 0 radical (unpaired) electrons. The third kappa shape index (κ3) is 5.31. The van der Waals surface area contributed by atoms with Gasteiger partial charge in [0, 0.05) is 18.6 Å². The molecule has 0 aromatic heterocycles. The molecule has 0 aliphatic carbocycles. The van der Waals surface area contributed by atoms with Gasteiger partial charge in [-0.25, -0.2) is 13.1 Å². The molecule has 0 aromatic carbocycles. The lowest BCUT2D eigenvalue weighted by Gasteiger charge is -2.32. The Morgan fingerprint density at radius 2 is 1.95 bits per heavy atom. The second kappa shape index (κ2) is 7.73. The van der Waals surface area contributed by atoms with Crippen molar-refractivity contribution in [2.45, 2.75) is 57.5 Å². The lowest BCUT2D eigenvalue weighted by atomic mass is 10.1. The first-order valence-corrected chi connectivity index (χ1v) is 9.67. The lowest BCUT2D eigenvalue weighted by molar-refractivity contribution is 0.175. The summed E-state index contributed by atoms with van der Waals surface area (Å²) in [5.41, 5.74) is 0. The summed E-state index contributed by atoms with van der Waals surface area (Å²) in [7, 11) is -3.15. The number of piperidine rings is 2. The molecule has 2 fully saturated rings. The van der Waals surface area contributed by atoms with E-state index < -0.39 is 10.0 Å². The number of hydrogen-bond acceptors (Lipinski definition) is 4. The quantitative estimate of drug-likeness (QED) is 0.766. The van der Waals surface area contributed by atoms with Gasteiger partial charge in [-0.3, -0.25) is 4.90 Å². The summed E-state index contributed by atoms with van der Waals surface area (Å²) in [6.45, 7) is 5.81. The molecule has 0 amide bonds. The first kappa shape index (κ1) is 16.2. The van der Waals surface area contributed by atoms with Crippen LogP contribution in [0.15, 0.2) is 0 Å². The summed E-state index contributed by atoms with van der Waals surface area (Å²) < 4.78 is 27.0. The fourth-order valence-corrected chi connectivity index (χ4v) is 4.55. The summed E-state index contributed by atoms with van der Waals surface area (Å²) in [6, 6.07) is 0.427. The van der Waals surface area contributed by atoms with Crippen LogP contribution in [0.3, 0.4) is 0 Å². The van der Waals surface area contributed by atoms with E-state index in [9.17, 15) is 8.42 Å². The van der Waals surface area contributed by atoms with Crippen molar-refractivity contribution in [3.05, 3.63) is 0 Å². The minimum atomic E-state index is -3.15. The van der Waals surface area contributed by atoms with Crippen LogP contribution in [0.2, 0.25) is 0 Å². The summed E-state index contributed by atoms with van der Waals surface area (Å²) in [6.07, 6.45) is 7.06. The zero-order chi connectivity index (χ0) is 14.4. The monoisotopic (exact) mass is 303 g/mol. The van der Waals surface area contributed by atoms with Gasteiger partial charge in [-0.05, 0) is 52.2 Å². The topological polar surface area (TPSA) is 61.4 Å². The van der Waals surface area contributed by atoms with Crippen LogP contribution in [0, 0.1) is 0 Å². The molecule has 2 atom stereocenters. The minimum Gasteiger partial charge on any atom is -0.313 e. The fourth-order valence-electron chi connectivity index (χ4n) is 3.13. The van der Waals surface area contributed by atoms with Gasteiger partial charge in [0.05, 0.1) is 5.75 Å². The Balaban J connectivity index is 1.73. The molecule has 2 heterocycles. The molecule has 0 aromatic rings. The Labute approximate surface area is 123 Å². The second-order valence-electron chi connectivity index (χ2n) is 6.22. The molecule has 2 saturated heterocycles. The molecule has 0 bridgehead atoms.